The second-order valence-electron chi connectivity index (χ2n) is 7.22. The van der Waals surface area contributed by atoms with Crippen molar-refractivity contribution in [3.8, 4) is 0 Å². The summed E-state index contributed by atoms with van der Waals surface area (Å²) in [7, 11) is 0. The highest BCUT2D eigenvalue weighted by Crippen LogP contribution is 2.41. The highest BCUT2D eigenvalue weighted by molar-refractivity contribution is 5.69. The van der Waals surface area contributed by atoms with E-state index in [-0.39, 0.29) is 22.4 Å². The highest BCUT2D eigenvalue weighted by atomic mass is 16.6. The predicted molar refractivity (Wildman–Crippen MR) is 68.3 cm³/mol. The Kier molecular flexibility index (Phi) is 4.61. The van der Waals surface area contributed by atoms with Crippen LogP contribution in [0.3, 0.4) is 0 Å². The summed E-state index contributed by atoms with van der Waals surface area (Å²) in [5, 5.41) is 0. The molecule has 0 spiro atoms. The van der Waals surface area contributed by atoms with Crippen molar-refractivity contribution in [2.24, 2.45) is 10.8 Å². The summed E-state index contributed by atoms with van der Waals surface area (Å²) in [5.41, 5.74) is -0.0259. The molecule has 0 rings (SSSR count). The van der Waals surface area contributed by atoms with Gasteiger partial charge in [0, 0.05) is 6.42 Å². The van der Waals surface area contributed by atoms with E-state index >= 15 is 0 Å². The van der Waals surface area contributed by atoms with Crippen LogP contribution in [0, 0.1) is 10.8 Å². The molecule has 96 valence electrons. The molecule has 0 bridgehead atoms. The summed E-state index contributed by atoms with van der Waals surface area (Å²) in [5.74, 6) is -0.0928. The van der Waals surface area contributed by atoms with Gasteiger partial charge >= 0.3 is 5.97 Å². The first-order chi connectivity index (χ1) is 6.85. The Hall–Kier alpha value is -0.530. The molecule has 2 heteroatoms. The molecule has 0 atom stereocenters. The smallest absolute Gasteiger partial charge is 0.306 e. The summed E-state index contributed by atoms with van der Waals surface area (Å²) in [6, 6.07) is 0. The van der Waals surface area contributed by atoms with Crippen molar-refractivity contribution >= 4 is 5.97 Å². The van der Waals surface area contributed by atoms with Gasteiger partial charge in [-0.1, -0.05) is 34.6 Å². The number of carbonyl (C=O) groups excluding carboxylic acids is 1. The normalized spacial score (nSPS) is 13.8. The van der Waals surface area contributed by atoms with Gasteiger partial charge in [0.25, 0.3) is 0 Å². The molecule has 0 aromatic carbocycles. The van der Waals surface area contributed by atoms with E-state index in [1.54, 1.807) is 0 Å². The van der Waals surface area contributed by atoms with E-state index in [1.165, 1.54) is 0 Å². The molecule has 0 heterocycles. The largest absolute Gasteiger partial charge is 0.460 e. The van der Waals surface area contributed by atoms with Crippen molar-refractivity contribution in [3.63, 3.8) is 0 Å². The lowest BCUT2D eigenvalue weighted by atomic mass is 9.67. The van der Waals surface area contributed by atoms with Crippen molar-refractivity contribution in [3.05, 3.63) is 0 Å². The summed E-state index contributed by atoms with van der Waals surface area (Å²) in [6.07, 6.45) is 1.37. The van der Waals surface area contributed by atoms with E-state index in [1.807, 2.05) is 20.8 Å². The second kappa shape index (κ2) is 4.77. The maximum absolute atomic E-state index is 11.6. The minimum Gasteiger partial charge on any atom is -0.460 e. The first kappa shape index (κ1) is 15.5. The van der Waals surface area contributed by atoms with Gasteiger partial charge in [0.1, 0.15) is 5.60 Å². The number of ether oxygens (including phenoxy) is 1. The molecule has 0 saturated heterocycles. The van der Waals surface area contributed by atoms with E-state index in [0.717, 1.165) is 6.42 Å². The molecule has 0 radical (unpaired) electrons. The van der Waals surface area contributed by atoms with Crippen LogP contribution in [-0.2, 0) is 9.53 Å². The Balaban J connectivity index is 4.22. The van der Waals surface area contributed by atoms with Crippen molar-refractivity contribution in [2.45, 2.75) is 73.8 Å². The van der Waals surface area contributed by atoms with Gasteiger partial charge in [-0.3, -0.25) is 4.79 Å². The van der Waals surface area contributed by atoms with Gasteiger partial charge in [-0.25, -0.2) is 0 Å². The summed E-state index contributed by atoms with van der Waals surface area (Å²) >= 11 is 0. The molecule has 16 heavy (non-hydrogen) atoms. The number of rotatable bonds is 3. The zero-order valence-corrected chi connectivity index (χ0v) is 12.2. The molecule has 0 unspecified atom stereocenters. The average Bonchev–Trinajstić information content (AvgIpc) is 1.95. The van der Waals surface area contributed by atoms with Crippen LogP contribution in [0.15, 0.2) is 0 Å². The average molecular weight is 228 g/mol. The van der Waals surface area contributed by atoms with E-state index in [0.29, 0.717) is 6.42 Å². The Labute approximate surface area is 101 Å². The lowest BCUT2D eigenvalue weighted by Gasteiger charge is -2.39. The van der Waals surface area contributed by atoms with Gasteiger partial charge in [-0.15, -0.1) is 0 Å². The Morgan fingerprint density at radius 3 is 1.69 bits per heavy atom. The molecule has 0 aliphatic heterocycles. The lowest BCUT2D eigenvalue weighted by Crippen LogP contribution is -2.31. The first-order valence-electron chi connectivity index (χ1n) is 6.07. The molecule has 0 fully saturated rings. The van der Waals surface area contributed by atoms with E-state index in [4.69, 9.17) is 4.74 Å². The van der Waals surface area contributed by atoms with Crippen LogP contribution in [0.25, 0.3) is 0 Å². The van der Waals surface area contributed by atoms with Crippen LogP contribution in [-0.4, -0.2) is 11.6 Å². The molecule has 0 amide bonds. The Morgan fingerprint density at radius 1 is 0.938 bits per heavy atom. The third-order valence-corrected chi connectivity index (χ3v) is 3.40. The highest BCUT2D eigenvalue weighted by Gasteiger charge is 2.33. The number of hydrogen-bond donors (Lipinski definition) is 0. The van der Waals surface area contributed by atoms with Crippen LogP contribution < -0.4 is 0 Å². The fourth-order valence-corrected chi connectivity index (χ4v) is 1.18. The first-order valence-corrected chi connectivity index (χ1v) is 6.07. The summed E-state index contributed by atoms with van der Waals surface area (Å²) in [4.78, 5) is 11.6. The molecule has 0 saturated carbocycles. The summed E-state index contributed by atoms with van der Waals surface area (Å²) in [6.45, 7) is 16.8. The SMILES string of the molecule is CC(C)(C)OC(=O)CCC(C)(C)C(C)(C)C. The zero-order valence-electron chi connectivity index (χ0n) is 12.2. The molecule has 0 aromatic heterocycles. The minimum absolute atomic E-state index is 0.0928. The standard InChI is InChI=1S/C14H28O2/c1-12(2,3)14(7,8)10-9-11(15)16-13(4,5)6/h9-10H2,1-8H3. The maximum Gasteiger partial charge on any atom is 0.306 e. The van der Waals surface area contributed by atoms with Crippen LogP contribution in [0.2, 0.25) is 0 Å². The number of esters is 1. The van der Waals surface area contributed by atoms with E-state index < -0.39 is 0 Å². The predicted octanol–water partition coefficient (Wildman–Crippen LogP) is 4.18. The topological polar surface area (TPSA) is 26.3 Å². The van der Waals surface area contributed by atoms with Crippen molar-refractivity contribution in [1.82, 2.24) is 0 Å². The minimum atomic E-state index is -0.372. The number of carbonyl (C=O) groups is 1. The Morgan fingerprint density at radius 2 is 1.38 bits per heavy atom. The van der Waals surface area contributed by atoms with Gasteiger partial charge in [-0.05, 0) is 38.0 Å². The van der Waals surface area contributed by atoms with Gasteiger partial charge in [0.15, 0.2) is 0 Å². The third-order valence-electron chi connectivity index (χ3n) is 3.40. The third kappa shape index (κ3) is 5.53. The van der Waals surface area contributed by atoms with Crippen LogP contribution >= 0.6 is 0 Å². The van der Waals surface area contributed by atoms with Gasteiger partial charge in [0.05, 0.1) is 0 Å². The van der Waals surface area contributed by atoms with Gasteiger partial charge in [-0.2, -0.15) is 0 Å². The monoisotopic (exact) mass is 228 g/mol. The fraction of sp³-hybridized carbons (Fsp3) is 0.929. The van der Waals surface area contributed by atoms with E-state index in [9.17, 15) is 4.79 Å². The molecular weight excluding hydrogens is 200 g/mol. The van der Waals surface area contributed by atoms with Crippen LogP contribution in [0.4, 0.5) is 0 Å². The quantitative estimate of drug-likeness (QED) is 0.677. The van der Waals surface area contributed by atoms with Crippen LogP contribution in [0.5, 0.6) is 0 Å². The van der Waals surface area contributed by atoms with Crippen molar-refractivity contribution in [1.29, 1.82) is 0 Å². The molecule has 2 nitrogen and oxygen atoms in total. The van der Waals surface area contributed by atoms with E-state index in [2.05, 4.69) is 34.6 Å². The molecule has 0 aliphatic rings. The van der Waals surface area contributed by atoms with Crippen molar-refractivity contribution < 1.29 is 9.53 Å². The van der Waals surface area contributed by atoms with Gasteiger partial charge in [0.2, 0.25) is 0 Å². The molecule has 0 aliphatic carbocycles. The van der Waals surface area contributed by atoms with Gasteiger partial charge < -0.3 is 4.74 Å². The lowest BCUT2D eigenvalue weighted by molar-refractivity contribution is -0.155. The zero-order chi connectivity index (χ0) is 13.2. The van der Waals surface area contributed by atoms with Crippen LogP contribution in [0.1, 0.15) is 68.2 Å². The van der Waals surface area contributed by atoms with Crippen molar-refractivity contribution in [2.75, 3.05) is 0 Å². The summed E-state index contributed by atoms with van der Waals surface area (Å²) < 4.78 is 5.31. The molecule has 0 N–H and O–H groups in total. The second-order valence-corrected chi connectivity index (χ2v) is 7.22. The fourth-order valence-electron chi connectivity index (χ4n) is 1.18. The molecular formula is C14H28O2. The number of hydrogen-bond acceptors (Lipinski definition) is 2. The molecule has 0 aromatic rings. The Bertz CT molecular complexity index is 238. The maximum atomic E-state index is 11.6.